The molecule has 1 aliphatic heterocycles. The number of ketones is 1. The van der Waals surface area contributed by atoms with Crippen LogP contribution in [0, 0.1) is 5.92 Å². The molecule has 2 unspecified atom stereocenters. The molecule has 1 aromatic carbocycles. The smallest absolute Gasteiger partial charge is 0.272 e. The van der Waals surface area contributed by atoms with Crippen LogP contribution in [0.4, 0.5) is 0 Å². The molecule has 0 spiro atoms. The van der Waals surface area contributed by atoms with Crippen molar-refractivity contribution >= 4 is 28.6 Å². The first kappa shape index (κ1) is 22.7. The van der Waals surface area contributed by atoms with Gasteiger partial charge in [-0.2, -0.15) is 0 Å². The molecular weight excluding hydrogens is 404 g/mol. The molecule has 2 amide bonds. The fraction of sp³-hybridized carbons (Fsp3) is 0.476. The third-order valence-corrected chi connectivity index (χ3v) is 5.02. The summed E-state index contributed by atoms with van der Waals surface area (Å²) in [5.41, 5.74) is -0.164. The average Bonchev–Trinajstić information content (AvgIpc) is 3.56. The number of ether oxygens (including phenoxy) is 1. The minimum atomic E-state index is -1.30. The number of para-hydroxylation sites is 2. The summed E-state index contributed by atoms with van der Waals surface area (Å²) < 4.78 is 5.11. The van der Waals surface area contributed by atoms with Crippen molar-refractivity contribution < 1.29 is 29.3 Å². The Labute approximate surface area is 179 Å². The van der Waals surface area contributed by atoms with Crippen LogP contribution in [0.25, 0.3) is 11.0 Å². The van der Waals surface area contributed by atoms with Crippen LogP contribution >= 0.6 is 0 Å². The largest absolute Gasteiger partial charge is 0.394 e. The molecule has 2 aromatic rings. The van der Waals surface area contributed by atoms with E-state index in [4.69, 9.17) is 4.74 Å². The highest BCUT2D eigenvalue weighted by atomic mass is 16.6. The van der Waals surface area contributed by atoms with Crippen LogP contribution in [0.2, 0.25) is 0 Å². The van der Waals surface area contributed by atoms with Gasteiger partial charge in [-0.15, -0.1) is 0 Å². The predicted molar refractivity (Wildman–Crippen MR) is 110 cm³/mol. The van der Waals surface area contributed by atoms with Crippen LogP contribution in [-0.4, -0.2) is 75.3 Å². The van der Waals surface area contributed by atoms with E-state index >= 15 is 0 Å². The van der Waals surface area contributed by atoms with Crippen molar-refractivity contribution in [2.75, 3.05) is 19.8 Å². The van der Waals surface area contributed by atoms with Crippen molar-refractivity contribution in [1.82, 2.24) is 20.6 Å². The molecule has 3 atom stereocenters. The predicted octanol–water partition coefficient (Wildman–Crippen LogP) is -0.418. The van der Waals surface area contributed by atoms with E-state index in [0.29, 0.717) is 17.5 Å². The van der Waals surface area contributed by atoms with Crippen LogP contribution < -0.4 is 10.6 Å². The molecule has 31 heavy (non-hydrogen) atoms. The fourth-order valence-electron chi connectivity index (χ4n) is 3.18. The highest BCUT2D eigenvalue weighted by Gasteiger charge is 2.54. The highest BCUT2D eigenvalue weighted by molar-refractivity contribution is 6.00. The molecule has 1 fully saturated rings. The van der Waals surface area contributed by atoms with Crippen molar-refractivity contribution in [3.8, 4) is 0 Å². The third-order valence-electron chi connectivity index (χ3n) is 5.02. The van der Waals surface area contributed by atoms with Crippen molar-refractivity contribution in [3.05, 3.63) is 36.2 Å². The summed E-state index contributed by atoms with van der Waals surface area (Å²) in [6, 6.07) is 4.79. The summed E-state index contributed by atoms with van der Waals surface area (Å²) >= 11 is 0. The number of carbonyl (C=O) groups excluding carboxylic acids is 3. The Balaban J connectivity index is 1.70. The number of hydrogen-bond donors (Lipinski definition) is 4. The van der Waals surface area contributed by atoms with E-state index in [9.17, 15) is 24.6 Å². The maximum atomic E-state index is 12.7. The molecular formula is C21H26N4O6. The lowest BCUT2D eigenvalue weighted by molar-refractivity contribution is -0.133. The number of amides is 2. The first-order valence-corrected chi connectivity index (χ1v) is 10.0. The molecule has 0 saturated carbocycles. The number of epoxide rings is 1. The number of carbonyl (C=O) groups is 3. The van der Waals surface area contributed by atoms with E-state index < -0.39 is 48.5 Å². The number of aliphatic hydroxyl groups excluding tert-OH is 2. The molecule has 1 aliphatic rings. The summed E-state index contributed by atoms with van der Waals surface area (Å²) in [6.45, 7) is 2.71. The Kier molecular flexibility index (Phi) is 6.94. The van der Waals surface area contributed by atoms with Crippen LogP contribution in [0.3, 0.4) is 0 Å². The van der Waals surface area contributed by atoms with Crippen LogP contribution in [0.15, 0.2) is 30.5 Å². The Morgan fingerprint density at radius 3 is 2.39 bits per heavy atom. The second-order valence-electron chi connectivity index (χ2n) is 7.95. The fourth-order valence-corrected chi connectivity index (χ4v) is 3.18. The monoisotopic (exact) mass is 430 g/mol. The second kappa shape index (κ2) is 9.46. The van der Waals surface area contributed by atoms with E-state index in [1.165, 1.54) is 6.20 Å². The number of benzene rings is 1. The van der Waals surface area contributed by atoms with Crippen molar-refractivity contribution in [2.24, 2.45) is 5.92 Å². The van der Waals surface area contributed by atoms with Crippen molar-refractivity contribution in [3.63, 3.8) is 0 Å². The Morgan fingerprint density at radius 2 is 1.81 bits per heavy atom. The molecule has 0 bridgehead atoms. The number of aromatic nitrogens is 2. The maximum Gasteiger partial charge on any atom is 0.272 e. The lowest BCUT2D eigenvalue weighted by atomic mass is 9.92. The van der Waals surface area contributed by atoms with Crippen molar-refractivity contribution in [1.29, 1.82) is 0 Å². The molecule has 1 saturated heterocycles. The molecule has 0 radical (unpaired) electrons. The Bertz CT molecular complexity index is 975. The second-order valence-corrected chi connectivity index (χ2v) is 7.95. The summed E-state index contributed by atoms with van der Waals surface area (Å²) in [5, 5.41) is 24.1. The zero-order valence-electron chi connectivity index (χ0n) is 17.4. The van der Waals surface area contributed by atoms with Crippen LogP contribution in [0.1, 0.15) is 30.8 Å². The molecule has 3 rings (SSSR count). The van der Waals surface area contributed by atoms with Gasteiger partial charge in [-0.3, -0.25) is 19.4 Å². The lowest BCUT2D eigenvalue weighted by Gasteiger charge is -2.24. The number of aliphatic hydroxyl groups is 2. The standard InChI is InChI=1S/C21H26N4O6/c1-12(2)7-15(18(28)21(10-27)11-31-21)24-20(30)17(9-26)25-19(29)16-8-22-13-5-3-4-6-14(13)23-16/h3-6,8,12,15,17,26-27H,7,9-11H2,1-2H3,(H,24,30)(H,25,29)/t15?,17-,21?/m0/s1. The van der Waals surface area contributed by atoms with Gasteiger partial charge in [0.2, 0.25) is 5.91 Å². The Morgan fingerprint density at radius 1 is 1.13 bits per heavy atom. The highest BCUT2D eigenvalue weighted by Crippen LogP contribution is 2.30. The number of hydrogen-bond acceptors (Lipinski definition) is 8. The molecule has 4 N–H and O–H groups in total. The van der Waals surface area contributed by atoms with Crippen LogP contribution in [0.5, 0.6) is 0 Å². The summed E-state index contributed by atoms with van der Waals surface area (Å²) in [5.74, 6) is -1.77. The third kappa shape index (κ3) is 5.22. The number of Topliss-reactive ketones (excluding diaryl/α,β-unsaturated/α-hetero) is 1. The lowest BCUT2D eigenvalue weighted by Crippen LogP contribution is -2.55. The topological polar surface area (TPSA) is 154 Å². The zero-order chi connectivity index (χ0) is 22.6. The minimum absolute atomic E-state index is 0.00892. The van der Waals surface area contributed by atoms with E-state index in [-0.39, 0.29) is 18.2 Å². The van der Waals surface area contributed by atoms with Gasteiger partial charge < -0.3 is 25.6 Å². The summed E-state index contributed by atoms with van der Waals surface area (Å²) in [4.78, 5) is 46.4. The normalized spacial score (nSPS) is 19.6. The van der Waals surface area contributed by atoms with Crippen molar-refractivity contribution in [2.45, 2.75) is 38.0 Å². The van der Waals surface area contributed by atoms with Gasteiger partial charge in [0.15, 0.2) is 11.4 Å². The molecule has 0 aliphatic carbocycles. The first-order chi connectivity index (χ1) is 14.8. The van der Waals surface area contributed by atoms with E-state index in [0.717, 1.165) is 0 Å². The van der Waals surface area contributed by atoms with Gasteiger partial charge in [-0.05, 0) is 24.5 Å². The van der Waals surface area contributed by atoms with Gasteiger partial charge in [-0.1, -0.05) is 26.0 Å². The minimum Gasteiger partial charge on any atom is -0.394 e. The van der Waals surface area contributed by atoms with Gasteiger partial charge in [0.25, 0.3) is 5.91 Å². The molecule has 1 aromatic heterocycles. The maximum absolute atomic E-state index is 12.7. The number of rotatable bonds is 10. The SMILES string of the molecule is CC(C)CC(NC(=O)[C@H](CO)NC(=O)c1cnc2ccccc2n1)C(=O)C1(CO)CO1. The van der Waals surface area contributed by atoms with Gasteiger partial charge in [-0.25, -0.2) is 4.98 Å². The number of nitrogens with one attached hydrogen (secondary N) is 2. The molecule has 10 nitrogen and oxygen atoms in total. The van der Waals surface area contributed by atoms with E-state index in [1.807, 2.05) is 13.8 Å². The van der Waals surface area contributed by atoms with Gasteiger partial charge in [0.05, 0.1) is 43.1 Å². The van der Waals surface area contributed by atoms with Crippen LogP contribution in [-0.2, 0) is 14.3 Å². The summed E-state index contributed by atoms with van der Waals surface area (Å²) in [6.07, 6.45) is 1.60. The zero-order valence-corrected chi connectivity index (χ0v) is 17.4. The summed E-state index contributed by atoms with van der Waals surface area (Å²) in [7, 11) is 0. The van der Waals surface area contributed by atoms with Gasteiger partial charge in [0, 0.05) is 0 Å². The number of nitrogens with zero attached hydrogens (tertiary/aromatic N) is 2. The Hall–Kier alpha value is -2.95. The first-order valence-electron chi connectivity index (χ1n) is 10.0. The number of fused-ring (bicyclic) bond motifs is 1. The van der Waals surface area contributed by atoms with E-state index in [2.05, 4.69) is 20.6 Å². The molecule has 166 valence electrons. The van der Waals surface area contributed by atoms with E-state index in [1.54, 1.807) is 24.3 Å². The van der Waals surface area contributed by atoms with Gasteiger partial charge in [0.1, 0.15) is 11.7 Å². The quantitative estimate of drug-likeness (QED) is 0.371. The van der Waals surface area contributed by atoms with Gasteiger partial charge >= 0.3 is 0 Å². The molecule has 2 heterocycles. The molecule has 10 heteroatoms. The average molecular weight is 430 g/mol.